The van der Waals surface area contributed by atoms with Crippen molar-refractivity contribution in [3.63, 3.8) is 0 Å². The fourth-order valence-corrected chi connectivity index (χ4v) is 3.29. The summed E-state index contributed by atoms with van der Waals surface area (Å²) in [5.74, 6) is -0.514. The van der Waals surface area contributed by atoms with Crippen molar-refractivity contribution >= 4 is 22.9 Å². The number of benzene rings is 1. The first-order valence-electron chi connectivity index (χ1n) is 7.43. The molecule has 122 valence electrons. The summed E-state index contributed by atoms with van der Waals surface area (Å²) in [6.45, 7) is 5.55. The van der Waals surface area contributed by atoms with Gasteiger partial charge in [0.25, 0.3) is 5.91 Å². The van der Waals surface area contributed by atoms with E-state index in [2.05, 4.69) is 15.3 Å². The molecule has 3 rings (SSSR count). The van der Waals surface area contributed by atoms with E-state index < -0.39 is 0 Å². The molecule has 0 aliphatic heterocycles. The Labute approximate surface area is 143 Å². The summed E-state index contributed by atoms with van der Waals surface area (Å²) >= 11 is 1.29. The molecule has 0 saturated heterocycles. The SMILES string of the molecule is Cc1ccc(NC(=O)c2sc(-c3ccc(F)cc3)nc2C)c(C)n1. The number of carbonyl (C=O) groups is 1. The summed E-state index contributed by atoms with van der Waals surface area (Å²) in [5, 5.41) is 3.57. The highest BCUT2D eigenvalue weighted by atomic mass is 32.1. The maximum absolute atomic E-state index is 13.0. The van der Waals surface area contributed by atoms with Crippen molar-refractivity contribution < 1.29 is 9.18 Å². The van der Waals surface area contributed by atoms with Crippen LogP contribution in [0.4, 0.5) is 10.1 Å². The van der Waals surface area contributed by atoms with Gasteiger partial charge in [0.1, 0.15) is 15.7 Å². The van der Waals surface area contributed by atoms with Gasteiger partial charge in [-0.05, 0) is 57.2 Å². The Morgan fingerprint density at radius 2 is 1.71 bits per heavy atom. The molecule has 0 unspecified atom stereocenters. The molecule has 0 radical (unpaired) electrons. The molecule has 1 N–H and O–H groups in total. The minimum Gasteiger partial charge on any atom is -0.320 e. The highest BCUT2D eigenvalue weighted by molar-refractivity contribution is 7.17. The van der Waals surface area contributed by atoms with E-state index in [1.54, 1.807) is 19.1 Å². The zero-order valence-electron chi connectivity index (χ0n) is 13.6. The van der Waals surface area contributed by atoms with E-state index in [1.165, 1.54) is 23.5 Å². The molecule has 0 spiro atoms. The first-order chi connectivity index (χ1) is 11.4. The van der Waals surface area contributed by atoms with Gasteiger partial charge in [0.05, 0.1) is 17.1 Å². The number of aryl methyl sites for hydroxylation is 3. The Balaban J connectivity index is 1.86. The van der Waals surface area contributed by atoms with Gasteiger partial charge in [-0.1, -0.05) is 0 Å². The average Bonchev–Trinajstić information content (AvgIpc) is 2.93. The van der Waals surface area contributed by atoms with Crippen LogP contribution in [0.25, 0.3) is 10.6 Å². The maximum atomic E-state index is 13.0. The molecule has 3 aromatic rings. The Hall–Kier alpha value is -2.60. The summed E-state index contributed by atoms with van der Waals surface area (Å²) < 4.78 is 13.0. The molecule has 4 nitrogen and oxygen atoms in total. The first-order valence-corrected chi connectivity index (χ1v) is 8.24. The Bertz CT molecular complexity index is 903. The molecule has 0 fully saturated rings. The standard InChI is InChI=1S/C18H16FN3OS/c1-10-4-9-15(11(2)20-10)22-17(23)16-12(3)21-18(24-16)13-5-7-14(19)8-6-13/h4-9H,1-3H3,(H,22,23). The van der Waals surface area contributed by atoms with Crippen LogP contribution >= 0.6 is 11.3 Å². The Morgan fingerprint density at radius 3 is 2.38 bits per heavy atom. The van der Waals surface area contributed by atoms with Gasteiger partial charge in [0, 0.05) is 11.3 Å². The number of nitrogens with zero attached hydrogens (tertiary/aromatic N) is 2. The molecule has 0 atom stereocenters. The summed E-state index contributed by atoms with van der Waals surface area (Å²) in [6.07, 6.45) is 0. The number of anilines is 1. The number of hydrogen-bond donors (Lipinski definition) is 1. The van der Waals surface area contributed by atoms with Crippen LogP contribution in [0.3, 0.4) is 0 Å². The van der Waals surface area contributed by atoms with Crippen molar-refractivity contribution in [2.75, 3.05) is 5.32 Å². The third kappa shape index (κ3) is 3.33. The predicted molar refractivity (Wildman–Crippen MR) is 93.9 cm³/mol. The topological polar surface area (TPSA) is 54.9 Å². The van der Waals surface area contributed by atoms with E-state index >= 15 is 0 Å². The monoisotopic (exact) mass is 341 g/mol. The number of aromatic nitrogens is 2. The van der Waals surface area contributed by atoms with E-state index in [4.69, 9.17) is 0 Å². The number of rotatable bonds is 3. The summed E-state index contributed by atoms with van der Waals surface area (Å²) in [6, 6.07) is 9.77. The number of hydrogen-bond acceptors (Lipinski definition) is 4. The van der Waals surface area contributed by atoms with Crippen LogP contribution in [0.5, 0.6) is 0 Å². The fourth-order valence-electron chi connectivity index (χ4n) is 2.32. The minimum atomic E-state index is -0.299. The summed E-state index contributed by atoms with van der Waals surface area (Å²) in [5.41, 5.74) is 3.79. The van der Waals surface area contributed by atoms with Crippen molar-refractivity contribution in [2.24, 2.45) is 0 Å². The van der Waals surface area contributed by atoms with Gasteiger partial charge in [0.15, 0.2) is 0 Å². The van der Waals surface area contributed by atoms with Crippen molar-refractivity contribution in [1.82, 2.24) is 9.97 Å². The average molecular weight is 341 g/mol. The van der Waals surface area contributed by atoms with Gasteiger partial charge in [-0.25, -0.2) is 9.37 Å². The van der Waals surface area contributed by atoms with Crippen LogP contribution < -0.4 is 5.32 Å². The van der Waals surface area contributed by atoms with E-state index in [9.17, 15) is 9.18 Å². The van der Waals surface area contributed by atoms with Crippen molar-refractivity contribution in [3.8, 4) is 10.6 Å². The van der Waals surface area contributed by atoms with E-state index in [0.29, 0.717) is 21.3 Å². The van der Waals surface area contributed by atoms with Crippen molar-refractivity contribution in [3.05, 3.63) is 64.2 Å². The third-order valence-electron chi connectivity index (χ3n) is 3.57. The number of nitrogens with one attached hydrogen (secondary N) is 1. The van der Waals surface area contributed by atoms with Crippen LogP contribution in [0, 0.1) is 26.6 Å². The Kier molecular flexibility index (Phi) is 4.40. The van der Waals surface area contributed by atoms with E-state index in [1.807, 2.05) is 26.0 Å². The number of halogens is 1. The third-order valence-corrected chi connectivity index (χ3v) is 4.77. The molecular weight excluding hydrogens is 325 g/mol. The largest absolute Gasteiger partial charge is 0.320 e. The van der Waals surface area contributed by atoms with Gasteiger partial charge in [-0.3, -0.25) is 9.78 Å². The summed E-state index contributed by atoms with van der Waals surface area (Å²) in [4.78, 5) is 21.8. The van der Waals surface area contributed by atoms with E-state index in [-0.39, 0.29) is 11.7 Å². The molecule has 1 amide bonds. The lowest BCUT2D eigenvalue weighted by Gasteiger charge is -2.07. The lowest BCUT2D eigenvalue weighted by atomic mass is 10.2. The molecule has 6 heteroatoms. The minimum absolute atomic E-state index is 0.216. The van der Waals surface area contributed by atoms with Crippen LogP contribution in [0.2, 0.25) is 0 Å². The smallest absolute Gasteiger partial charge is 0.267 e. The van der Waals surface area contributed by atoms with Crippen LogP contribution in [-0.4, -0.2) is 15.9 Å². The lowest BCUT2D eigenvalue weighted by molar-refractivity contribution is 0.102. The van der Waals surface area contributed by atoms with Gasteiger partial charge in [-0.15, -0.1) is 11.3 Å². The predicted octanol–water partition coefficient (Wildman–Crippen LogP) is 4.52. The van der Waals surface area contributed by atoms with Gasteiger partial charge < -0.3 is 5.32 Å². The molecule has 2 heterocycles. The second kappa shape index (κ2) is 6.49. The summed E-state index contributed by atoms with van der Waals surface area (Å²) in [7, 11) is 0. The van der Waals surface area contributed by atoms with E-state index in [0.717, 1.165) is 17.0 Å². The molecule has 0 bridgehead atoms. The quantitative estimate of drug-likeness (QED) is 0.762. The zero-order chi connectivity index (χ0) is 17.3. The van der Waals surface area contributed by atoms with Crippen LogP contribution in [0.1, 0.15) is 26.8 Å². The number of carbonyl (C=O) groups excluding carboxylic acids is 1. The fraction of sp³-hybridized carbons (Fsp3) is 0.167. The highest BCUT2D eigenvalue weighted by Crippen LogP contribution is 2.29. The van der Waals surface area contributed by atoms with Crippen molar-refractivity contribution in [1.29, 1.82) is 0 Å². The lowest BCUT2D eigenvalue weighted by Crippen LogP contribution is -2.13. The van der Waals surface area contributed by atoms with Gasteiger partial charge >= 0.3 is 0 Å². The normalized spacial score (nSPS) is 10.7. The Morgan fingerprint density at radius 1 is 1.00 bits per heavy atom. The van der Waals surface area contributed by atoms with Crippen molar-refractivity contribution in [2.45, 2.75) is 20.8 Å². The second-order valence-corrected chi connectivity index (χ2v) is 6.48. The van der Waals surface area contributed by atoms with Crippen LogP contribution in [0.15, 0.2) is 36.4 Å². The first kappa shape index (κ1) is 16.3. The number of amides is 1. The van der Waals surface area contributed by atoms with Gasteiger partial charge in [0.2, 0.25) is 0 Å². The molecular formula is C18H16FN3OS. The molecule has 24 heavy (non-hydrogen) atoms. The molecule has 2 aromatic heterocycles. The molecule has 0 aliphatic rings. The number of pyridine rings is 1. The van der Waals surface area contributed by atoms with Crippen LogP contribution in [-0.2, 0) is 0 Å². The second-order valence-electron chi connectivity index (χ2n) is 5.48. The number of thiazole rings is 1. The highest BCUT2D eigenvalue weighted by Gasteiger charge is 2.17. The van der Waals surface area contributed by atoms with Gasteiger partial charge in [-0.2, -0.15) is 0 Å². The maximum Gasteiger partial charge on any atom is 0.267 e. The molecule has 0 saturated carbocycles. The molecule has 1 aromatic carbocycles. The zero-order valence-corrected chi connectivity index (χ0v) is 14.4. The molecule has 0 aliphatic carbocycles.